The lowest BCUT2D eigenvalue weighted by Crippen LogP contribution is -2.46. The van der Waals surface area contributed by atoms with Crippen LogP contribution >= 0.6 is 0 Å². The Morgan fingerprint density at radius 2 is 1.77 bits per heavy atom. The SMILES string of the molecule is CN1CCN(c2ccc(Nc3ncc(F)c(Nc4ccc5c(n4)NC(=O)C(C)(C)O5)n3)cc2)CC1. The predicted octanol–water partition coefficient (Wildman–Crippen LogP) is 3.36. The second-order valence-electron chi connectivity index (χ2n) is 9.09. The molecule has 11 heteroatoms. The van der Waals surface area contributed by atoms with E-state index in [1.54, 1.807) is 26.0 Å². The number of amides is 1. The first kappa shape index (κ1) is 22.8. The lowest BCUT2D eigenvalue weighted by Gasteiger charge is -2.34. The highest BCUT2D eigenvalue weighted by atomic mass is 19.1. The largest absolute Gasteiger partial charge is 0.474 e. The molecular formula is C24H27FN8O2. The predicted molar refractivity (Wildman–Crippen MR) is 132 cm³/mol. The second kappa shape index (κ2) is 8.99. The topological polar surface area (TPSA) is 108 Å². The third-order valence-corrected chi connectivity index (χ3v) is 5.98. The summed E-state index contributed by atoms with van der Waals surface area (Å²) in [4.78, 5) is 29.4. The van der Waals surface area contributed by atoms with Crippen LogP contribution < -0.4 is 25.6 Å². The van der Waals surface area contributed by atoms with Crippen LogP contribution in [-0.4, -0.2) is 64.6 Å². The molecule has 3 aromatic rings. The van der Waals surface area contributed by atoms with E-state index in [1.807, 2.05) is 24.3 Å². The highest BCUT2D eigenvalue weighted by Gasteiger charge is 2.36. The lowest BCUT2D eigenvalue weighted by molar-refractivity contribution is -0.129. The van der Waals surface area contributed by atoms with Gasteiger partial charge in [-0.2, -0.15) is 4.98 Å². The highest BCUT2D eigenvalue weighted by molar-refractivity contribution is 5.99. The Bertz CT molecular complexity index is 1240. The summed E-state index contributed by atoms with van der Waals surface area (Å²) >= 11 is 0. The first-order chi connectivity index (χ1) is 16.8. The second-order valence-corrected chi connectivity index (χ2v) is 9.09. The molecule has 35 heavy (non-hydrogen) atoms. The number of likely N-dealkylation sites (N-methyl/N-ethyl adjacent to an activating group) is 1. The van der Waals surface area contributed by atoms with Crippen LogP contribution in [-0.2, 0) is 4.79 Å². The summed E-state index contributed by atoms with van der Waals surface area (Å²) < 4.78 is 20.1. The number of pyridine rings is 1. The van der Waals surface area contributed by atoms with Gasteiger partial charge >= 0.3 is 0 Å². The van der Waals surface area contributed by atoms with Gasteiger partial charge in [0, 0.05) is 37.6 Å². The third kappa shape index (κ3) is 4.94. The number of benzene rings is 1. The van der Waals surface area contributed by atoms with Crippen molar-refractivity contribution in [1.29, 1.82) is 0 Å². The molecule has 1 saturated heterocycles. The number of carbonyl (C=O) groups is 1. The van der Waals surface area contributed by atoms with Gasteiger partial charge in [0.25, 0.3) is 5.91 Å². The fraction of sp³-hybridized carbons (Fsp3) is 0.333. The number of ether oxygens (including phenoxy) is 1. The molecule has 0 radical (unpaired) electrons. The maximum absolute atomic E-state index is 14.4. The average molecular weight is 479 g/mol. The van der Waals surface area contributed by atoms with E-state index >= 15 is 0 Å². The molecule has 182 valence electrons. The van der Waals surface area contributed by atoms with E-state index in [0.29, 0.717) is 11.6 Å². The molecule has 0 unspecified atom stereocenters. The summed E-state index contributed by atoms with van der Waals surface area (Å²) in [7, 11) is 2.13. The van der Waals surface area contributed by atoms with Gasteiger partial charge in [-0.3, -0.25) is 4.79 Å². The van der Waals surface area contributed by atoms with Crippen LogP contribution in [0.3, 0.4) is 0 Å². The zero-order valence-corrected chi connectivity index (χ0v) is 19.8. The normalized spacial score (nSPS) is 17.3. The number of fused-ring (bicyclic) bond motifs is 1. The molecule has 1 fully saturated rings. The lowest BCUT2D eigenvalue weighted by atomic mass is 10.1. The average Bonchev–Trinajstić information content (AvgIpc) is 2.83. The van der Waals surface area contributed by atoms with Crippen LogP contribution in [0.15, 0.2) is 42.6 Å². The van der Waals surface area contributed by atoms with Crippen molar-refractivity contribution in [2.75, 3.05) is 54.1 Å². The Morgan fingerprint density at radius 1 is 1.03 bits per heavy atom. The highest BCUT2D eigenvalue weighted by Crippen LogP contribution is 2.33. The Morgan fingerprint density at radius 3 is 2.51 bits per heavy atom. The molecule has 0 atom stereocenters. The Balaban J connectivity index is 1.28. The molecule has 5 rings (SSSR count). The van der Waals surface area contributed by atoms with Crippen molar-refractivity contribution in [3.63, 3.8) is 0 Å². The van der Waals surface area contributed by atoms with Gasteiger partial charge in [-0.1, -0.05) is 0 Å². The van der Waals surface area contributed by atoms with E-state index < -0.39 is 11.4 Å². The smallest absolute Gasteiger partial charge is 0.269 e. The van der Waals surface area contributed by atoms with E-state index in [9.17, 15) is 9.18 Å². The summed E-state index contributed by atoms with van der Waals surface area (Å²) in [6, 6.07) is 11.3. The van der Waals surface area contributed by atoms with Crippen LogP contribution in [0.4, 0.5) is 39.2 Å². The van der Waals surface area contributed by atoms with E-state index in [1.165, 1.54) is 0 Å². The molecule has 0 bridgehead atoms. The Hall–Kier alpha value is -3.99. The monoisotopic (exact) mass is 478 g/mol. The zero-order valence-electron chi connectivity index (χ0n) is 19.8. The number of halogens is 1. The van der Waals surface area contributed by atoms with Crippen LogP contribution in [0.25, 0.3) is 0 Å². The fourth-order valence-electron chi connectivity index (χ4n) is 3.85. The summed E-state index contributed by atoms with van der Waals surface area (Å²) in [6.45, 7) is 7.39. The minimum atomic E-state index is -0.994. The van der Waals surface area contributed by atoms with Crippen LogP contribution in [0.2, 0.25) is 0 Å². The van der Waals surface area contributed by atoms with Gasteiger partial charge in [-0.15, -0.1) is 0 Å². The van der Waals surface area contributed by atoms with E-state index in [0.717, 1.165) is 43.8 Å². The molecule has 3 N–H and O–H groups in total. The summed E-state index contributed by atoms with van der Waals surface area (Å²) in [6.07, 6.45) is 1.09. The number of aromatic nitrogens is 3. The van der Waals surface area contributed by atoms with Gasteiger partial charge in [-0.05, 0) is 57.3 Å². The molecule has 0 saturated carbocycles. The number of nitrogens with zero attached hydrogens (tertiary/aromatic N) is 5. The number of hydrogen-bond donors (Lipinski definition) is 3. The van der Waals surface area contributed by atoms with Crippen molar-refractivity contribution >= 4 is 40.7 Å². The molecule has 4 heterocycles. The quantitative estimate of drug-likeness (QED) is 0.509. The van der Waals surface area contributed by atoms with E-state index in [2.05, 4.69) is 47.7 Å². The van der Waals surface area contributed by atoms with E-state index in [4.69, 9.17) is 4.74 Å². The number of anilines is 6. The maximum Gasteiger partial charge on any atom is 0.269 e. The molecule has 1 aromatic carbocycles. The Kier molecular flexibility index (Phi) is 5.85. The van der Waals surface area contributed by atoms with Crippen LogP contribution in [0.5, 0.6) is 5.75 Å². The van der Waals surface area contributed by atoms with Crippen molar-refractivity contribution in [1.82, 2.24) is 19.9 Å². The van der Waals surface area contributed by atoms with Gasteiger partial charge in [-0.25, -0.2) is 14.4 Å². The molecule has 0 spiro atoms. The summed E-state index contributed by atoms with van der Waals surface area (Å²) in [5, 5.41) is 8.66. The van der Waals surface area contributed by atoms with Gasteiger partial charge < -0.3 is 30.5 Å². The van der Waals surface area contributed by atoms with Gasteiger partial charge in [0.15, 0.2) is 28.8 Å². The van der Waals surface area contributed by atoms with Crippen molar-refractivity contribution in [3.05, 3.63) is 48.4 Å². The molecule has 0 aliphatic carbocycles. The maximum atomic E-state index is 14.4. The molecule has 1 amide bonds. The van der Waals surface area contributed by atoms with Crippen molar-refractivity contribution in [2.24, 2.45) is 0 Å². The molecule has 10 nitrogen and oxygen atoms in total. The number of carbonyl (C=O) groups excluding carboxylic acids is 1. The van der Waals surface area contributed by atoms with Crippen molar-refractivity contribution < 1.29 is 13.9 Å². The minimum absolute atomic E-state index is 0.0487. The van der Waals surface area contributed by atoms with Crippen LogP contribution in [0, 0.1) is 5.82 Å². The van der Waals surface area contributed by atoms with Gasteiger partial charge in [0.05, 0.1) is 6.20 Å². The van der Waals surface area contributed by atoms with Crippen molar-refractivity contribution in [2.45, 2.75) is 19.4 Å². The molecule has 2 aliphatic rings. The zero-order chi connectivity index (χ0) is 24.6. The molecular weight excluding hydrogens is 451 g/mol. The minimum Gasteiger partial charge on any atom is -0.474 e. The molecule has 2 aromatic heterocycles. The summed E-state index contributed by atoms with van der Waals surface area (Å²) in [5.41, 5.74) is 0.949. The summed E-state index contributed by atoms with van der Waals surface area (Å²) in [5.74, 6) is 0.227. The number of rotatable bonds is 5. The third-order valence-electron chi connectivity index (χ3n) is 5.98. The Labute approximate surface area is 202 Å². The number of piperazine rings is 1. The number of hydrogen-bond acceptors (Lipinski definition) is 9. The van der Waals surface area contributed by atoms with Gasteiger partial charge in [0.1, 0.15) is 5.82 Å². The molecule has 2 aliphatic heterocycles. The van der Waals surface area contributed by atoms with Crippen LogP contribution in [0.1, 0.15) is 13.8 Å². The van der Waals surface area contributed by atoms with Crippen molar-refractivity contribution in [3.8, 4) is 5.75 Å². The van der Waals surface area contributed by atoms with E-state index in [-0.39, 0.29) is 23.5 Å². The first-order valence-corrected chi connectivity index (χ1v) is 11.4. The number of nitrogens with one attached hydrogen (secondary N) is 3. The van der Waals surface area contributed by atoms with Gasteiger partial charge in [0.2, 0.25) is 5.95 Å². The standard InChI is InChI=1S/C24H27FN8O2/c1-24(2)22(34)30-21-18(35-24)8-9-19(29-21)28-20-17(25)14-26-23(31-20)27-15-4-6-16(7-5-15)33-12-10-32(3)11-13-33/h4-9,14H,10-13H2,1-3H3,(H3,26,27,28,29,30,31,34). The first-order valence-electron chi connectivity index (χ1n) is 11.4. The fourth-order valence-corrected chi connectivity index (χ4v) is 3.85.